The lowest BCUT2D eigenvalue weighted by atomic mass is 9.97. The normalized spacial score (nSPS) is 12.1. The van der Waals surface area contributed by atoms with Crippen LogP contribution in [0, 0.1) is 11.3 Å². The average molecular weight is 376 g/mol. The van der Waals surface area contributed by atoms with Gasteiger partial charge in [-0.15, -0.1) is 0 Å². The zero-order valence-electron chi connectivity index (χ0n) is 14.7. The minimum atomic E-state index is -4.43. The third-order valence-corrected chi connectivity index (χ3v) is 3.96. The molecule has 1 N–H and O–H groups in total. The largest absolute Gasteiger partial charge is 0.466 e. The van der Waals surface area contributed by atoms with Crippen LogP contribution in [-0.2, 0) is 16.0 Å². The van der Waals surface area contributed by atoms with E-state index in [0.717, 1.165) is 5.56 Å². The number of hydrogen-bond donors (Lipinski definition) is 1. The third-order valence-electron chi connectivity index (χ3n) is 3.96. The molecule has 0 saturated carbocycles. The molecule has 0 aliphatic carbocycles. The van der Waals surface area contributed by atoms with Gasteiger partial charge in [0.15, 0.2) is 0 Å². The molecule has 2 aromatic carbocycles. The Hall–Kier alpha value is -3.01. The summed E-state index contributed by atoms with van der Waals surface area (Å²) in [6.07, 6.45) is -4.31. The van der Waals surface area contributed by atoms with Gasteiger partial charge in [-0.25, -0.2) is 0 Å². The van der Waals surface area contributed by atoms with Gasteiger partial charge in [0, 0.05) is 12.2 Å². The number of ether oxygens (including phenoxy) is 1. The van der Waals surface area contributed by atoms with Crippen LogP contribution in [0.2, 0.25) is 0 Å². The van der Waals surface area contributed by atoms with Gasteiger partial charge in [-0.05, 0) is 42.3 Å². The van der Waals surface area contributed by atoms with Crippen LogP contribution >= 0.6 is 0 Å². The molecule has 2 aromatic rings. The van der Waals surface area contributed by atoms with E-state index in [1.807, 2.05) is 6.07 Å². The first-order valence-corrected chi connectivity index (χ1v) is 8.38. The van der Waals surface area contributed by atoms with Gasteiger partial charge in [0.05, 0.1) is 30.6 Å². The molecule has 7 heteroatoms. The van der Waals surface area contributed by atoms with Crippen molar-refractivity contribution >= 4 is 11.7 Å². The third kappa shape index (κ3) is 6.03. The summed E-state index contributed by atoms with van der Waals surface area (Å²) in [6, 6.07) is 13.9. The fourth-order valence-electron chi connectivity index (χ4n) is 2.55. The van der Waals surface area contributed by atoms with E-state index in [4.69, 9.17) is 10.00 Å². The van der Waals surface area contributed by atoms with Gasteiger partial charge < -0.3 is 10.1 Å². The van der Waals surface area contributed by atoms with E-state index >= 15 is 0 Å². The van der Waals surface area contributed by atoms with Gasteiger partial charge in [0.2, 0.25) is 0 Å². The number of anilines is 1. The lowest BCUT2D eigenvalue weighted by Crippen LogP contribution is -2.27. The van der Waals surface area contributed by atoms with E-state index in [1.54, 1.807) is 31.2 Å². The summed E-state index contributed by atoms with van der Waals surface area (Å²) in [7, 11) is 0. The number of nitrogens with zero attached hydrogens (tertiary/aromatic N) is 1. The Morgan fingerprint density at radius 3 is 2.30 bits per heavy atom. The molecule has 0 aromatic heterocycles. The standard InChI is InChI=1S/C20H19F3N2O2/c1-2-27-19(26)11-14-5-9-17(10-6-14)25-13-18(20(21,22)23)16-7-3-15(12-24)4-8-16/h3-10,18,25H,2,11,13H2,1H3. The molecule has 1 unspecified atom stereocenters. The highest BCUT2D eigenvalue weighted by Crippen LogP contribution is 2.35. The van der Waals surface area contributed by atoms with Crippen molar-refractivity contribution in [2.45, 2.75) is 25.4 Å². The van der Waals surface area contributed by atoms with Crippen molar-refractivity contribution in [2.75, 3.05) is 18.5 Å². The minimum absolute atomic E-state index is 0.0907. The number of halogens is 3. The van der Waals surface area contributed by atoms with Crippen LogP contribution in [-0.4, -0.2) is 25.3 Å². The highest BCUT2D eigenvalue weighted by molar-refractivity contribution is 5.72. The van der Waals surface area contributed by atoms with E-state index < -0.39 is 12.1 Å². The van der Waals surface area contributed by atoms with Crippen LogP contribution in [0.3, 0.4) is 0 Å². The second-order valence-corrected chi connectivity index (χ2v) is 5.89. The van der Waals surface area contributed by atoms with Gasteiger partial charge in [-0.2, -0.15) is 18.4 Å². The molecule has 142 valence electrons. The smallest absolute Gasteiger partial charge is 0.397 e. The van der Waals surface area contributed by atoms with Crippen LogP contribution in [0.25, 0.3) is 0 Å². The molecule has 0 fully saturated rings. The molecule has 4 nitrogen and oxygen atoms in total. The summed E-state index contributed by atoms with van der Waals surface area (Å²) in [5.74, 6) is -2.05. The van der Waals surface area contributed by atoms with Crippen LogP contribution in [0.5, 0.6) is 0 Å². The van der Waals surface area contributed by atoms with Crippen LogP contribution < -0.4 is 5.32 Å². The summed E-state index contributed by atoms with van der Waals surface area (Å²) < 4.78 is 45.1. The summed E-state index contributed by atoms with van der Waals surface area (Å²) in [5, 5.41) is 11.6. The first-order chi connectivity index (χ1) is 12.8. The van der Waals surface area contributed by atoms with Crippen molar-refractivity contribution in [3.05, 3.63) is 65.2 Å². The molecule has 0 heterocycles. The molecule has 0 spiro atoms. The molecule has 0 amide bonds. The molecule has 0 aliphatic rings. The van der Waals surface area contributed by atoms with E-state index in [9.17, 15) is 18.0 Å². The first-order valence-electron chi connectivity index (χ1n) is 8.38. The second-order valence-electron chi connectivity index (χ2n) is 5.89. The molecular weight excluding hydrogens is 357 g/mol. The lowest BCUT2D eigenvalue weighted by Gasteiger charge is -2.22. The number of benzene rings is 2. The zero-order chi connectivity index (χ0) is 19.9. The highest BCUT2D eigenvalue weighted by atomic mass is 19.4. The summed E-state index contributed by atoms with van der Waals surface area (Å²) >= 11 is 0. The fourth-order valence-corrected chi connectivity index (χ4v) is 2.55. The molecule has 27 heavy (non-hydrogen) atoms. The van der Waals surface area contributed by atoms with Crippen molar-refractivity contribution in [1.29, 1.82) is 5.26 Å². The number of nitriles is 1. The monoisotopic (exact) mass is 376 g/mol. The summed E-state index contributed by atoms with van der Waals surface area (Å²) in [5.41, 5.74) is 1.64. The molecule has 0 radical (unpaired) electrons. The van der Waals surface area contributed by atoms with Crippen LogP contribution in [0.15, 0.2) is 48.5 Å². The van der Waals surface area contributed by atoms with Crippen molar-refractivity contribution in [3.8, 4) is 6.07 Å². The van der Waals surface area contributed by atoms with Gasteiger partial charge in [0.25, 0.3) is 0 Å². The van der Waals surface area contributed by atoms with Crippen molar-refractivity contribution in [2.24, 2.45) is 0 Å². The van der Waals surface area contributed by atoms with Gasteiger partial charge in [-0.1, -0.05) is 24.3 Å². The molecular formula is C20H19F3N2O2. The Balaban J connectivity index is 2.04. The maximum absolute atomic E-state index is 13.4. The summed E-state index contributed by atoms with van der Waals surface area (Å²) in [6.45, 7) is 1.68. The van der Waals surface area contributed by atoms with Crippen LogP contribution in [0.1, 0.15) is 29.5 Å². The first kappa shape index (κ1) is 20.3. The van der Waals surface area contributed by atoms with Gasteiger partial charge in [0.1, 0.15) is 0 Å². The topological polar surface area (TPSA) is 62.1 Å². The molecule has 1 atom stereocenters. The second kappa shape index (κ2) is 9.08. The number of hydrogen-bond acceptors (Lipinski definition) is 4. The van der Waals surface area contributed by atoms with E-state index in [0.29, 0.717) is 17.9 Å². The predicted molar refractivity (Wildman–Crippen MR) is 95.2 cm³/mol. The van der Waals surface area contributed by atoms with Crippen molar-refractivity contribution in [1.82, 2.24) is 0 Å². The quantitative estimate of drug-likeness (QED) is 0.727. The number of rotatable bonds is 7. The number of carbonyl (C=O) groups excluding carboxylic acids is 1. The predicted octanol–water partition coefficient (Wildman–Crippen LogP) is 4.42. The van der Waals surface area contributed by atoms with E-state index in [2.05, 4.69) is 5.32 Å². The van der Waals surface area contributed by atoms with E-state index in [-0.39, 0.29) is 24.5 Å². The molecule has 0 saturated heterocycles. The number of carbonyl (C=O) groups is 1. The highest BCUT2D eigenvalue weighted by Gasteiger charge is 2.40. The lowest BCUT2D eigenvalue weighted by molar-refractivity contribution is -0.147. The van der Waals surface area contributed by atoms with Crippen LogP contribution in [0.4, 0.5) is 18.9 Å². The molecule has 0 aliphatic heterocycles. The van der Waals surface area contributed by atoms with Gasteiger partial charge in [-0.3, -0.25) is 4.79 Å². The Morgan fingerprint density at radius 1 is 1.15 bits per heavy atom. The summed E-state index contributed by atoms with van der Waals surface area (Å²) in [4.78, 5) is 11.4. The number of alkyl halides is 3. The fraction of sp³-hybridized carbons (Fsp3) is 0.300. The zero-order valence-corrected chi connectivity index (χ0v) is 14.7. The minimum Gasteiger partial charge on any atom is -0.466 e. The maximum atomic E-state index is 13.4. The van der Waals surface area contributed by atoms with Crippen molar-refractivity contribution in [3.63, 3.8) is 0 Å². The van der Waals surface area contributed by atoms with Crippen molar-refractivity contribution < 1.29 is 22.7 Å². The maximum Gasteiger partial charge on any atom is 0.397 e. The van der Waals surface area contributed by atoms with E-state index in [1.165, 1.54) is 24.3 Å². The Morgan fingerprint density at radius 2 is 1.78 bits per heavy atom. The molecule has 0 bridgehead atoms. The molecule has 2 rings (SSSR count). The van der Waals surface area contributed by atoms with Gasteiger partial charge >= 0.3 is 12.1 Å². The number of esters is 1. The average Bonchev–Trinajstić information content (AvgIpc) is 2.63. The Bertz CT molecular complexity index is 794. The Kier molecular flexibility index (Phi) is 6.83. The Labute approximate surface area is 155 Å². The SMILES string of the molecule is CCOC(=O)Cc1ccc(NCC(c2ccc(C#N)cc2)C(F)(F)F)cc1. The number of nitrogens with one attached hydrogen (secondary N) is 1.